The van der Waals surface area contributed by atoms with Crippen LogP contribution in [0.1, 0.15) is 28.2 Å². The van der Waals surface area contributed by atoms with E-state index in [2.05, 4.69) is 9.88 Å². The predicted molar refractivity (Wildman–Crippen MR) is 73.9 cm³/mol. The smallest absolute Gasteiger partial charge is 0.266 e. The molecule has 1 aliphatic rings. The number of nitrogens with two attached hydrogens (primary N) is 1. The second kappa shape index (κ2) is 5.24. The van der Waals surface area contributed by atoms with Crippen molar-refractivity contribution in [3.63, 3.8) is 0 Å². The summed E-state index contributed by atoms with van der Waals surface area (Å²) in [5.74, 6) is 0.0889. The van der Waals surface area contributed by atoms with Gasteiger partial charge in [0.25, 0.3) is 5.91 Å². The Morgan fingerprint density at radius 3 is 2.89 bits per heavy atom. The van der Waals surface area contributed by atoms with Crippen molar-refractivity contribution in [3.8, 4) is 0 Å². The Kier molecular flexibility index (Phi) is 3.87. The van der Waals surface area contributed by atoms with Crippen LogP contribution >= 0.6 is 11.3 Å². The highest BCUT2D eigenvalue weighted by molar-refractivity contribution is 7.17. The summed E-state index contributed by atoms with van der Waals surface area (Å²) < 4.78 is 0. The Hall–Kier alpha value is -1.14. The highest BCUT2D eigenvalue weighted by atomic mass is 32.1. The molecule has 0 bridgehead atoms. The molecule has 0 saturated carbocycles. The molecule has 100 valence electrons. The average molecular weight is 268 g/mol. The summed E-state index contributed by atoms with van der Waals surface area (Å²) in [6, 6.07) is 0.315. The first kappa shape index (κ1) is 13.3. The molecule has 1 amide bonds. The van der Waals surface area contributed by atoms with Gasteiger partial charge in [0.1, 0.15) is 4.88 Å². The van der Waals surface area contributed by atoms with Crippen LogP contribution in [0.3, 0.4) is 0 Å². The number of anilines is 1. The van der Waals surface area contributed by atoms with Crippen LogP contribution in [0.15, 0.2) is 0 Å². The molecule has 0 spiro atoms. The molecule has 1 atom stereocenters. The molecule has 1 aromatic heterocycles. The van der Waals surface area contributed by atoms with E-state index in [9.17, 15) is 4.79 Å². The maximum Gasteiger partial charge on any atom is 0.266 e. The number of aromatic nitrogens is 1. The van der Waals surface area contributed by atoms with Crippen LogP contribution in [0, 0.1) is 6.92 Å². The lowest BCUT2D eigenvalue weighted by atomic mass is 10.2. The zero-order chi connectivity index (χ0) is 13.3. The second-order valence-electron chi connectivity index (χ2n) is 5.02. The molecule has 1 fully saturated rings. The number of carbonyl (C=O) groups is 1. The Labute approximate surface area is 112 Å². The van der Waals surface area contributed by atoms with Gasteiger partial charge in [0.15, 0.2) is 5.13 Å². The van der Waals surface area contributed by atoms with E-state index < -0.39 is 0 Å². The number of likely N-dealkylation sites (N-methyl/N-ethyl adjacent to an activating group) is 1. The molecule has 0 aromatic carbocycles. The maximum absolute atomic E-state index is 12.5. The third-order valence-electron chi connectivity index (χ3n) is 3.22. The molecular formula is C12H20N4OS. The summed E-state index contributed by atoms with van der Waals surface area (Å²) in [6.07, 6.45) is 2.16. The first-order valence-electron chi connectivity index (χ1n) is 6.17. The Bertz CT molecular complexity index is 443. The second-order valence-corrected chi connectivity index (χ2v) is 6.05. The molecule has 1 aliphatic heterocycles. The van der Waals surface area contributed by atoms with Crippen LogP contribution in [0.4, 0.5) is 5.13 Å². The van der Waals surface area contributed by atoms with E-state index in [0.717, 1.165) is 31.6 Å². The number of likely N-dealkylation sites (tertiary alicyclic amines) is 1. The van der Waals surface area contributed by atoms with E-state index in [0.29, 0.717) is 16.1 Å². The van der Waals surface area contributed by atoms with Crippen LogP contribution in [0.25, 0.3) is 0 Å². The fourth-order valence-corrected chi connectivity index (χ4v) is 3.25. The number of carbonyl (C=O) groups excluding carboxylic acids is 1. The summed E-state index contributed by atoms with van der Waals surface area (Å²) >= 11 is 1.29. The summed E-state index contributed by atoms with van der Waals surface area (Å²) in [5.41, 5.74) is 6.41. The highest BCUT2D eigenvalue weighted by Gasteiger charge is 2.31. The molecule has 0 radical (unpaired) electrons. The summed E-state index contributed by atoms with van der Waals surface area (Å²) in [5, 5.41) is 0.471. The van der Waals surface area contributed by atoms with E-state index in [1.54, 1.807) is 0 Å². The lowest BCUT2D eigenvalue weighted by Crippen LogP contribution is -2.41. The van der Waals surface area contributed by atoms with Gasteiger partial charge in [0.2, 0.25) is 0 Å². The number of hydrogen-bond acceptors (Lipinski definition) is 5. The predicted octanol–water partition coefficient (Wildman–Crippen LogP) is 1.20. The number of thiazole rings is 1. The number of amides is 1. The van der Waals surface area contributed by atoms with Gasteiger partial charge in [-0.1, -0.05) is 11.3 Å². The molecular weight excluding hydrogens is 248 g/mol. The fraction of sp³-hybridized carbons (Fsp3) is 0.667. The molecule has 2 N–H and O–H groups in total. The van der Waals surface area contributed by atoms with E-state index >= 15 is 0 Å². The van der Waals surface area contributed by atoms with Gasteiger partial charge >= 0.3 is 0 Å². The van der Waals surface area contributed by atoms with Crippen molar-refractivity contribution in [1.29, 1.82) is 0 Å². The monoisotopic (exact) mass is 268 g/mol. The largest absolute Gasteiger partial charge is 0.375 e. The molecule has 0 aliphatic carbocycles. The quantitative estimate of drug-likeness (QED) is 0.895. The maximum atomic E-state index is 12.5. The fourth-order valence-electron chi connectivity index (χ4n) is 2.46. The Morgan fingerprint density at radius 1 is 1.61 bits per heavy atom. The van der Waals surface area contributed by atoms with E-state index in [1.165, 1.54) is 11.3 Å². The standard InChI is InChI=1S/C12H20N4OS/c1-8-10(18-12(13)14-8)11(17)16-6-4-5-9(16)7-15(2)3/h9H,4-7H2,1-3H3,(H2,13,14). The Morgan fingerprint density at radius 2 is 2.33 bits per heavy atom. The Balaban J connectivity index is 2.15. The van der Waals surface area contributed by atoms with Crippen LogP contribution < -0.4 is 5.73 Å². The van der Waals surface area contributed by atoms with Crippen molar-refractivity contribution in [1.82, 2.24) is 14.8 Å². The van der Waals surface area contributed by atoms with Crippen molar-refractivity contribution >= 4 is 22.4 Å². The molecule has 1 aromatic rings. The summed E-state index contributed by atoms with van der Waals surface area (Å²) in [4.78, 5) is 21.4. The lowest BCUT2D eigenvalue weighted by molar-refractivity contribution is 0.0720. The van der Waals surface area contributed by atoms with Gasteiger partial charge in [-0.05, 0) is 33.9 Å². The molecule has 1 saturated heterocycles. The van der Waals surface area contributed by atoms with Gasteiger partial charge in [-0.3, -0.25) is 4.79 Å². The van der Waals surface area contributed by atoms with Crippen LogP contribution in [-0.4, -0.2) is 53.9 Å². The number of nitrogens with zero attached hydrogens (tertiary/aromatic N) is 3. The molecule has 18 heavy (non-hydrogen) atoms. The molecule has 5 nitrogen and oxygen atoms in total. The van der Waals surface area contributed by atoms with Crippen molar-refractivity contribution in [2.45, 2.75) is 25.8 Å². The topological polar surface area (TPSA) is 62.5 Å². The van der Waals surface area contributed by atoms with E-state index in [4.69, 9.17) is 5.73 Å². The lowest BCUT2D eigenvalue weighted by Gasteiger charge is -2.26. The SMILES string of the molecule is Cc1nc(N)sc1C(=O)N1CCCC1CN(C)C. The average Bonchev–Trinajstić information content (AvgIpc) is 2.83. The minimum atomic E-state index is 0.0889. The van der Waals surface area contributed by atoms with E-state index in [1.807, 2.05) is 25.9 Å². The third-order valence-corrected chi connectivity index (χ3v) is 4.20. The normalized spacial score (nSPS) is 19.8. The first-order chi connectivity index (χ1) is 8.49. The minimum absolute atomic E-state index is 0.0889. The first-order valence-corrected chi connectivity index (χ1v) is 6.99. The van der Waals surface area contributed by atoms with Crippen molar-refractivity contribution in [2.24, 2.45) is 0 Å². The number of hydrogen-bond donors (Lipinski definition) is 1. The number of aryl methyl sites for hydroxylation is 1. The zero-order valence-electron chi connectivity index (χ0n) is 11.1. The van der Waals surface area contributed by atoms with Crippen LogP contribution in [0.5, 0.6) is 0 Å². The molecule has 6 heteroatoms. The van der Waals surface area contributed by atoms with Gasteiger partial charge in [-0.25, -0.2) is 4.98 Å². The number of rotatable bonds is 3. The van der Waals surface area contributed by atoms with Crippen LogP contribution in [-0.2, 0) is 0 Å². The van der Waals surface area contributed by atoms with Gasteiger partial charge in [-0.15, -0.1) is 0 Å². The molecule has 1 unspecified atom stereocenters. The van der Waals surface area contributed by atoms with Crippen LogP contribution in [0.2, 0.25) is 0 Å². The third kappa shape index (κ3) is 2.64. The zero-order valence-corrected chi connectivity index (χ0v) is 12.0. The summed E-state index contributed by atoms with van der Waals surface area (Å²) in [6.45, 7) is 3.60. The van der Waals surface area contributed by atoms with Gasteiger partial charge < -0.3 is 15.5 Å². The number of nitrogen functional groups attached to an aromatic ring is 1. The van der Waals surface area contributed by atoms with Gasteiger partial charge in [0.05, 0.1) is 5.69 Å². The van der Waals surface area contributed by atoms with E-state index in [-0.39, 0.29) is 5.91 Å². The minimum Gasteiger partial charge on any atom is -0.375 e. The molecule has 2 rings (SSSR count). The summed E-state index contributed by atoms with van der Waals surface area (Å²) in [7, 11) is 4.08. The van der Waals surface area contributed by atoms with Gasteiger partial charge in [-0.2, -0.15) is 0 Å². The highest BCUT2D eigenvalue weighted by Crippen LogP contribution is 2.26. The molecule has 2 heterocycles. The van der Waals surface area contributed by atoms with Crippen molar-refractivity contribution in [2.75, 3.05) is 32.9 Å². The van der Waals surface area contributed by atoms with Crippen molar-refractivity contribution < 1.29 is 4.79 Å². The van der Waals surface area contributed by atoms with Crippen molar-refractivity contribution in [3.05, 3.63) is 10.6 Å². The van der Waals surface area contributed by atoms with Gasteiger partial charge in [0, 0.05) is 19.1 Å².